The molecule has 0 aromatic rings. The maximum absolute atomic E-state index is 10.7. The van der Waals surface area contributed by atoms with Gasteiger partial charge in [-0.05, 0) is 6.92 Å². The largest absolute Gasteiger partial charge is 0.481 e. The zero-order valence-electron chi connectivity index (χ0n) is 8.09. The van der Waals surface area contributed by atoms with Gasteiger partial charge in [-0.2, -0.15) is 0 Å². The highest BCUT2D eigenvalue weighted by Crippen LogP contribution is 2.25. The average molecular weight is 301 g/mol. The molecule has 3 N–H and O–H groups in total. The summed E-state index contributed by atoms with van der Waals surface area (Å²) in [6, 6.07) is 0. The van der Waals surface area contributed by atoms with Crippen LogP contribution in [0.3, 0.4) is 0 Å². The third-order valence-electron chi connectivity index (χ3n) is 1.66. The minimum atomic E-state index is -1.17. The van der Waals surface area contributed by atoms with Gasteiger partial charge in [0.2, 0.25) is 0 Å². The van der Waals surface area contributed by atoms with Gasteiger partial charge in [-0.3, -0.25) is 9.59 Å². The second-order valence-electron chi connectivity index (χ2n) is 2.99. The molecule has 0 aliphatic carbocycles. The first kappa shape index (κ1) is 14.7. The van der Waals surface area contributed by atoms with Gasteiger partial charge in [0.25, 0.3) is 0 Å². The molecule has 5 nitrogen and oxygen atoms in total. The van der Waals surface area contributed by atoms with E-state index in [4.69, 9.17) is 10.2 Å². The molecule has 0 fully saturated rings. The summed E-state index contributed by atoms with van der Waals surface area (Å²) >= 11 is 4.10. The van der Waals surface area contributed by atoms with Crippen molar-refractivity contribution in [1.29, 1.82) is 0 Å². The Hall–Kier alpha value is -0.270. The maximum Gasteiger partial charge on any atom is 0.317 e. The summed E-state index contributed by atoms with van der Waals surface area (Å²) in [5.74, 6) is -2.33. The van der Waals surface area contributed by atoms with Crippen molar-refractivity contribution in [2.75, 3.05) is 5.33 Å². The minimum Gasteiger partial charge on any atom is -0.481 e. The quantitative estimate of drug-likeness (QED) is 0.602. The number of carboxylic acid groups (broad SMARTS) is 2. The van der Waals surface area contributed by atoms with E-state index < -0.39 is 29.7 Å². The van der Waals surface area contributed by atoms with Crippen LogP contribution in [0.15, 0.2) is 0 Å². The van der Waals surface area contributed by atoms with Crippen LogP contribution in [-0.4, -0.2) is 49.2 Å². The zero-order chi connectivity index (χ0) is 12.0. The number of aliphatic hydroxyl groups excluding tert-OH is 1. The second-order valence-corrected chi connectivity index (χ2v) is 5.09. The number of hydrogen-bond donors (Lipinski definition) is 3. The van der Waals surface area contributed by atoms with E-state index in [0.29, 0.717) is 5.33 Å². The van der Waals surface area contributed by atoms with Gasteiger partial charge in [0, 0.05) is 10.6 Å². The fourth-order valence-corrected chi connectivity index (χ4v) is 2.92. The number of hydrogen-bond acceptors (Lipinski definition) is 4. The van der Waals surface area contributed by atoms with Crippen molar-refractivity contribution in [1.82, 2.24) is 0 Å². The minimum absolute atomic E-state index is 0.328. The molecule has 0 aliphatic rings. The van der Waals surface area contributed by atoms with Crippen molar-refractivity contribution in [3.63, 3.8) is 0 Å². The number of rotatable bonds is 7. The summed E-state index contributed by atoms with van der Waals surface area (Å²) in [7, 11) is 0. The third kappa shape index (κ3) is 6.01. The SMILES string of the molecule is CC(O)C(CBr)SC(CC(=O)O)C(=O)O. The van der Waals surface area contributed by atoms with Crippen LogP contribution >= 0.6 is 27.7 Å². The monoisotopic (exact) mass is 300 g/mol. The summed E-state index contributed by atoms with van der Waals surface area (Å²) in [5, 5.41) is 25.6. The number of aliphatic carboxylic acids is 2. The van der Waals surface area contributed by atoms with E-state index in [1.165, 1.54) is 0 Å². The highest BCUT2D eigenvalue weighted by atomic mass is 79.9. The molecule has 0 amide bonds. The van der Waals surface area contributed by atoms with E-state index in [9.17, 15) is 14.7 Å². The topological polar surface area (TPSA) is 94.8 Å². The van der Waals surface area contributed by atoms with E-state index in [1.54, 1.807) is 6.92 Å². The Morgan fingerprint density at radius 1 is 1.40 bits per heavy atom. The summed E-state index contributed by atoms with van der Waals surface area (Å²) < 4.78 is 0. The van der Waals surface area contributed by atoms with Crippen molar-refractivity contribution < 1.29 is 24.9 Å². The molecular weight excluding hydrogens is 288 g/mol. The molecule has 0 aliphatic heterocycles. The maximum atomic E-state index is 10.7. The molecule has 88 valence electrons. The molecule has 0 radical (unpaired) electrons. The molecule has 0 aromatic heterocycles. The molecule has 0 heterocycles. The number of aliphatic hydroxyl groups is 1. The lowest BCUT2D eigenvalue weighted by atomic mass is 10.3. The van der Waals surface area contributed by atoms with Crippen molar-refractivity contribution in [3.05, 3.63) is 0 Å². The van der Waals surface area contributed by atoms with Crippen LogP contribution in [-0.2, 0) is 9.59 Å². The Labute approximate surface area is 100.0 Å². The van der Waals surface area contributed by atoms with Crippen molar-refractivity contribution >= 4 is 39.6 Å². The first-order chi connectivity index (χ1) is 6.88. The Bertz CT molecular complexity index is 233. The summed E-state index contributed by atoms with van der Waals surface area (Å²) in [6.07, 6.45) is -1.14. The highest BCUT2D eigenvalue weighted by molar-refractivity contribution is 9.09. The standard InChI is InChI=1S/C8H13BrO5S/c1-4(10)6(3-9)15-5(8(13)14)2-7(11)12/h4-6,10H,2-3H2,1H3,(H,11,12)(H,13,14). The van der Waals surface area contributed by atoms with Gasteiger partial charge in [-0.1, -0.05) is 15.9 Å². The molecule has 0 saturated heterocycles. The van der Waals surface area contributed by atoms with E-state index in [1.807, 2.05) is 0 Å². The van der Waals surface area contributed by atoms with Crippen LogP contribution < -0.4 is 0 Å². The van der Waals surface area contributed by atoms with Crippen molar-refractivity contribution in [2.24, 2.45) is 0 Å². The molecule has 0 saturated carbocycles. The van der Waals surface area contributed by atoms with Crippen molar-refractivity contribution in [3.8, 4) is 0 Å². The molecule has 15 heavy (non-hydrogen) atoms. The zero-order valence-corrected chi connectivity index (χ0v) is 10.5. The molecule has 3 atom stereocenters. The lowest BCUT2D eigenvalue weighted by molar-refractivity contribution is -0.142. The van der Waals surface area contributed by atoms with Gasteiger partial charge in [0.05, 0.1) is 12.5 Å². The summed E-state index contributed by atoms with van der Waals surface area (Å²) in [6.45, 7) is 1.54. The Balaban J connectivity index is 4.38. The van der Waals surface area contributed by atoms with E-state index in [0.717, 1.165) is 11.8 Å². The van der Waals surface area contributed by atoms with E-state index in [2.05, 4.69) is 15.9 Å². The van der Waals surface area contributed by atoms with Crippen LogP contribution in [0, 0.1) is 0 Å². The van der Waals surface area contributed by atoms with E-state index >= 15 is 0 Å². The van der Waals surface area contributed by atoms with Crippen LogP contribution in [0.5, 0.6) is 0 Å². The lowest BCUT2D eigenvalue weighted by Crippen LogP contribution is -2.29. The van der Waals surface area contributed by atoms with Gasteiger partial charge in [-0.15, -0.1) is 11.8 Å². The Kier molecular flexibility index (Phi) is 6.95. The molecule has 3 unspecified atom stereocenters. The summed E-state index contributed by atoms with van der Waals surface area (Å²) in [4.78, 5) is 21.1. The van der Waals surface area contributed by atoms with E-state index in [-0.39, 0.29) is 5.25 Å². The predicted octanol–water partition coefficient (Wildman–Crippen LogP) is 0.792. The molecular formula is C8H13BrO5S. The summed E-state index contributed by atoms with van der Waals surface area (Å²) in [5.41, 5.74) is 0. The Morgan fingerprint density at radius 2 is 1.93 bits per heavy atom. The van der Waals surface area contributed by atoms with Gasteiger partial charge in [0.1, 0.15) is 5.25 Å². The smallest absolute Gasteiger partial charge is 0.317 e. The number of carbonyl (C=O) groups is 2. The number of carboxylic acids is 2. The molecule has 0 spiro atoms. The second kappa shape index (κ2) is 7.08. The molecule has 7 heteroatoms. The van der Waals surface area contributed by atoms with Gasteiger partial charge in [-0.25, -0.2) is 0 Å². The van der Waals surface area contributed by atoms with Gasteiger partial charge in [0.15, 0.2) is 0 Å². The van der Waals surface area contributed by atoms with Gasteiger partial charge >= 0.3 is 11.9 Å². The first-order valence-corrected chi connectivity index (χ1v) is 6.29. The fourth-order valence-electron chi connectivity index (χ4n) is 0.842. The molecule has 0 bridgehead atoms. The van der Waals surface area contributed by atoms with Crippen molar-refractivity contribution in [2.45, 2.75) is 29.9 Å². The number of alkyl halides is 1. The average Bonchev–Trinajstić information content (AvgIpc) is 2.10. The lowest BCUT2D eigenvalue weighted by Gasteiger charge is -2.20. The van der Waals surface area contributed by atoms with Crippen LogP contribution in [0.2, 0.25) is 0 Å². The van der Waals surface area contributed by atoms with Crippen LogP contribution in [0.4, 0.5) is 0 Å². The molecule has 0 aromatic carbocycles. The first-order valence-electron chi connectivity index (χ1n) is 4.22. The van der Waals surface area contributed by atoms with Crippen LogP contribution in [0.1, 0.15) is 13.3 Å². The number of thioether (sulfide) groups is 1. The van der Waals surface area contributed by atoms with Crippen LogP contribution in [0.25, 0.3) is 0 Å². The predicted molar refractivity (Wildman–Crippen MR) is 60.5 cm³/mol. The fraction of sp³-hybridized carbons (Fsp3) is 0.750. The molecule has 0 rings (SSSR count). The highest BCUT2D eigenvalue weighted by Gasteiger charge is 2.27. The Morgan fingerprint density at radius 3 is 2.20 bits per heavy atom. The normalized spacial score (nSPS) is 16.7. The third-order valence-corrected chi connectivity index (χ3v) is 4.40. The van der Waals surface area contributed by atoms with Gasteiger partial charge < -0.3 is 15.3 Å². The number of halogens is 1.